The van der Waals surface area contributed by atoms with Crippen molar-refractivity contribution in [2.75, 3.05) is 13.1 Å². The molecular weight excluding hydrogens is 112 g/mol. The Kier molecular flexibility index (Phi) is 2.11. The lowest BCUT2D eigenvalue weighted by atomic mass is 9.96. The Labute approximate surface area is 56.3 Å². The van der Waals surface area contributed by atoms with Gasteiger partial charge in [0.2, 0.25) is 0 Å². The van der Waals surface area contributed by atoms with Crippen LogP contribution in [0.5, 0.6) is 0 Å². The van der Waals surface area contributed by atoms with E-state index >= 15 is 0 Å². The minimum Gasteiger partial charge on any atom is -0.389 e. The van der Waals surface area contributed by atoms with Gasteiger partial charge >= 0.3 is 0 Å². The van der Waals surface area contributed by atoms with Crippen LogP contribution in [0, 0.1) is 5.92 Å². The minimum absolute atomic E-state index is 0.587. The quantitative estimate of drug-likeness (QED) is 0.569. The molecule has 1 fully saturated rings. The smallest absolute Gasteiger partial charge is 0.0279 e. The molecule has 0 amide bonds. The number of nitrogens with one attached hydrogen (secondary N) is 2. The van der Waals surface area contributed by atoms with Gasteiger partial charge in [-0.15, -0.1) is 0 Å². The van der Waals surface area contributed by atoms with Crippen molar-refractivity contribution in [2.24, 2.45) is 5.92 Å². The maximum atomic E-state index is 3.61. The van der Waals surface area contributed by atoms with Crippen molar-refractivity contribution in [1.29, 1.82) is 0 Å². The zero-order valence-corrected chi connectivity index (χ0v) is 5.85. The highest BCUT2D eigenvalue weighted by Gasteiger charge is 2.21. The molecule has 0 aromatic heterocycles. The third-order valence-corrected chi connectivity index (χ3v) is 1.90. The van der Waals surface area contributed by atoms with Crippen molar-refractivity contribution in [3.8, 4) is 0 Å². The minimum atomic E-state index is 0.587. The van der Waals surface area contributed by atoms with Gasteiger partial charge in [-0.05, 0) is 13.1 Å². The molecular formula is C7H14N2. The molecule has 2 heteroatoms. The summed E-state index contributed by atoms with van der Waals surface area (Å²) >= 11 is 0. The van der Waals surface area contributed by atoms with Crippen LogP contribution in [-0.2, 0) is 0 Å². The Morgan fingerprint density at radius 3 is 2.78 bits per heavy atom. The maximum absolute atomic E-state index is 3.61. The molecule has 1 rings (SSSR count). The van der Waals surface area contributed by atoms with Crippen LogP contribution in [0.1, 0.15) is 6.92 Å². The molecule has 1 heterocycles. The average Bonchev–Trinajstić information content (AvgIpc) is 1.60. The summed E-state index contributed by atoms with van der Waals surface area (Å²) in [5.74, 6) is 0.808. The molecule has 0 bridgehead atoms. The zero-order chi connectivity index (χ0) is 6.69. The lowest BCUT2D eigenvalue weighted by Crippen LogP contribution is -2.51. The van der Waals surface area contributed by atoms with E-state index in [1.54, 1.807) is 6.20 Å². The van der Waals surface area contributed by atoms with Gasteiger partial charge in [-0.3, -0.25) is 0 Å². The number of rotatable bonds is 3. The summed E-state index contributed by atoms with van der Waals surface area (Å²) in [6.45, 7) is 8.11. The fourth-order valence-corrected chi connectivity index (χ4v) is 0.987. The SMILES string of the molecule is C=CNC(C)C1CNC1. The highest BCUT2D eigenvalue weighted by molar-refractivity contribution is 4.85. The van der Waals surface area contributed by atoms with Gasteiger partial charge in [0, 0.05) is 25.0 Å². The number of hydrogen-bond donors (Lipinski definition) is 2. The number of hydrogen-bond acceptors (Lipinski definition) is 2. The van der Waals surface area contributed by atoms with Crippen molar-refractivity contribution in [3.63, 3.8) is 0 Å². The molecule has 0 aromatic rings. The van der Waals surface area contributed by atoms with E-state index in [0.29, 0.717) is 6.04 Å². The molecule has 52 valence electrons. The molecule has 2 nitrogen and oxygen atoms in total. The molecule has 1 aliphatic heterocycles. The van der Waals surface area contributed by atoms with Crippen LogP contribution in [0.2, 0.25) is 0 Å². The molecule has 1 aliphatic rings. The van der Waals surface area contributed by atoms with Gasteiger partial charge in [-0.25, -0.2) is 0 Å². The zero-order valence-electron chi connectivity index (χ0n) is 5.85. The van der Waals surface area contributed by atoms with Crippen LogP contribution < -0.4 is 10.6 Å². The van der Waals surface area contributed by atoms with Gasteiger partial charge in [0.05, 0.1) is 0 Å². The van der Waals surface area contributed by atoms with Gasteiger partial charge in [-0.2, -0.15) is 0 Å². The molecule has 2 N–H and O–H groups in total. The summed E-state index contributed by atoms with van der Waals surface area (Å²) < 4.78 is 0. The molecule has 0 aromatic carbocycles. The average molecular weight is 126 g/mol. The van der Waals surface area contributed by atoms with Crippen molar-refractivity contribution in [1.82, 2.24) is 10.6 Å². The van der Waals surface area contributed by atoms with Gasteiger partial charge in [0.15, 0.2) is 0 Å². The summed E-state index contributed by atoms with van der Waals surface area (Å²) in [4.78, 5) is 0. The van der Waals surface area contributed by atoms with Crippen LogP contribution in [0.4, 0.5) is 0 Å². The first-order valence-corrected chi connectivity index (χ1v) is 3.42. The van der Waals surface area contributed by atoms with E-state index in [-0.39, 0.29) is 0 Å². The highest BCUT2D eigenvalue weighted by Crippen LogP contribution is 2.07. The third kappa shape index (κ3) is 1.45. The molecule has 1 atom stereocenters. The van der Waals surface area contributed by atoms with Crippen molar-refractivity contribution in [3.05, 3.63) is 12.8 Å². The van der Waals surface area contributed by atoms with Crippen LogP contribution >= 0.6 is 0 Å². The van der Waals surface area contributed by atoms with Crippen molar-refractivity contribution in [2.45, 2.75) is 13.0 Å². The van der Waals surface area contributed by atoms with Crippen LogP contribution in [0.3, 0.4) is 0 Å². The molecule has 9 heavy (non-hydrogen) atoms. The van der Waals surface area contributed by atoms with Crippen molar-refractivity contribution >= 4 is 0 Å². The van der Waals surface area contributed by atoms with E-state index in [4.69, 9.17) is 0 Å². The molecule has 1 saturated heterocycles. The van der Waals surface area contributed by atoms with Crippen LogP contribution in [0.25, 0.3) is 0 Å². The largest absolute Gasteiger partial charge is 0.389 e. The predicted octanol–water partition coefficient (Wildman–Crippen LogP) is 0.327. The van der Waals surface area contributed by atoms with Gasteiger partial charge in [0.25, 0.3) is 0 Å². The fourth-order valence-electron chi connectivity index (χ4n) is 0.987. The van der Waals surface area contributed by atoms with Gasteiger partial charge < -0.3 is 10.6 Å². The summed E-state index contributed by atoms with van der Waals surface area (Å²) in [5.41, 5.74) is 0. The Bertz CT molecular complexity index is 97.1. The molecule has 0 saturated carbocycles. The van der Waals surface area contributed by atoms with Gasteiger partial charge in [0.1, 0.15) is 0 Å². The summed E-state index contributed by atoms with van der Waals surface area (Å²) in [5, 5.41) is 6.40. The topological polar surface area (TPSA) is 24.1 Å². The Balaban J connectivity index is 2.15. The van der Waals surface area contributed by atoms with Crippen LogP contribution in [0.15, 0.2) is 12.8 Å². The monoisotopic (exact) mass is 126 g/mol. The second-order valence-electron chi connectivity index (χ2n) is 2.58. The summed E-state index contributed by atoms with van der Waals surface area (Å²) in [7, 11) is 0. The summed E-state index contributed by atoms with van der Waals surface area (Å²) in [6, 6.07) is 0.587. The van der Waals surface area contributed by atoms with E-state index in [0.717, 1.165) is 19.0 Å². The Morgan fingerprint density at radius 1 is 1.78 bits per heavy atom. The normalized spacial score (nSPS) is 22.3. The van der Waals surface area contributed by atoms with E-state index in [2.05, 4.69) is 24.1 Å². The van der Waals surface area contributed by atoms with Crippen LogP contribution in [-0.4, -0.2) is 19.1 Å². The van der Waals surface area contributed by atoms with Gasteiger partial charge in [-0.1, -0.05) is 6.58 Å². The van der Waals surface area contributed by atoms with E-state index in [1.165, 1.54) is 0 Å². The standard InChI is InChI=1S/C7H14N2/c1-3-9-6(2)7-4-8-5-7/h3,6-9H,1,4-5H2,2H3. The molecule has 1 unspecified atom stereocenters. The summed E-state index contributed by atoms with van der Waals surface area (Å²) in [6.07, 6.45) is 1.77. The molecule has 0 radical (unpaired) electrons. The molecule has 0 aliphatic carbocycles. The first-order valence-electron chi connectivity index (χ1n) is 3.42. The van der Waals surface area contributed by atoms with Crippen molar-refractivity contribution < 1.29 is 0 Å². The Morgan fingerprint density at radius 2 is 2.44 bits per heavy atom. The predicted molar refractivity (Wildman–Crippen MR) is 39.2 cm³/mol. The first kappa shape index (κ1) is 6.62. The molecule has 0 spiro atoms. The Hall–Kier alpha value is -0.500. The lowest BCUT2D eigenvalue weighted by Gasteiger charge is -2.32. The third-order valence-electron chi connectivity index (χ3n) is 1.90. The maximum Gasteiger partial charge on any atom is 0.0279 e. The van der Waals surface area contributed by atoms with E-state index in [1.807, 2.05) is 0 Å². The highest BCUT2D eigenvalue weighted by atomic mass is 15.0. The lowest BCUT2D eigenvalue weighted by molar-refractivity contribution is 0.283. The fraction of sp³-hybridized carbons (Fsp3) is 0.714. The second kappa shape index (κ2) is 2.87. The second-order valence-corrected chi connectivity index (χ2v) is 2.58. The first-order chi connectivity index (χ1) is 4.34. The van der Waals surface area contributed by atoms with E-state index < -0.39 is 0 Å². The van der Waals surface area contributed by atoms with E-state index in [9.17, 15) is 0 Å².